The Morgan fingerprint density at radius 3 is 3.00 bits per heavy atom. The number of thiophene rings is 1. The van der Waals surface area contributed by atoms with E-state index in [0.717, 1.165) is 23.1 Å². The Kier molecular flexibility index (Phi) is 4.06. The molecule has 0 atom stereocenters. The average molecular weight is 351 g/mol. The van der Waals surface area contributed by atoms with Gasteiger partial charge in [-0.05, 0) is 35.2 Å². The number of nitrogens with one attached hydrogen (secondary N) is 1. The van der Waals surface area contributed by atoms with Crippen LogP contribution in [0.5, 0.6) is 0 Å². The Labute approximate surface area is 110 Å². The molecule has 0 aliphatic rings. The highest BCUT2D eigenvalue weighted by Crippen LogP contribution is 2.28. The Balaban J connectivity index is 2.13. The molecule has 0 radical (unpaired) electrons. The molecule has 3 nitrogen and oxygen atoms in total. The monoisotopic (exact) mass is 351 g/mol. The van der Waals surface area contributed by atoms with E-state index in [9.17, 15) is 0 Å². The van der Waals surface area contributed by atoms with Gasteiger partial charge in [0.05, 0.1) is 2.88 Å². The topological polar surface area (TPSA) is 37.8 Å². The fraction of sp³-hybridized carbons (Fsp3) is 0.333. The molecule has 2 aromatic rings. The number of nitrogens with zero attached hydrogens (tertiary/aromatic N) is 2. The van der Waals surface area contributed by atoms with E-state index in [0.29, 0.717) is 0 Å². The summed E-state index contributed by atoms with van der Waals surface area (Å²) in [6.45, 7) is 3.86. The van der Waals surface area contributed by atoms with Crippen LogP contribution in [0.15, 0.2) is 11.4 Å². The van der Waals surface area contributed by atoms with Gasteiger partial charge in [-0.15, -0.1) is 21.5 Å². The van der Waals surface area contributed by atoms with Gasteiger partial charge in [0.15, 0.2) is 0 Å². The Bertz CT molecular complexity index is 438. The smallest absolute Gasteiger partial charge is 0.148 e. The standard InChI is InChI=1S/C9H10IN3S2/c1-2-11-4-8-12-13-9(15-8)6-3-7(10)14-5-6/h3,5,11H,2,4H2,1H3. The predicted molar refractivity (Wildman–Crippen MR) is 73.3 cm³/mol. The first-order valence-electron chi connectivity index (χ1n) is 4.57. The van der Waals surface area contributed by atoms with E-state index in [1.807, 2.05) is 0 Å². The molecular weight excluding hydrogens is 341 g/mol. The number of halogens is 1. The molecule has 0 fully saturated rings. The van der Waals surface area contributed by atoms with Crippen LogP contribution in [-0.4, -0.2) is 16.7 Å². The molecule has 80 valence electrons. The van der Waals surface area contributed by atoms with Gasteiger partial charge in [-0.1, -0.05) is 18.3 Å². The van der Waals surface area contributed by atoms with Gasteiger partial charge < -0.3 is 5.32 Å². The van der Waals surface area contributed by atoms with E-state index >= 15 is 0 Å². The van der Waals surface area contributed by atoms with Gasteiger partial charge in [0.2, 0.25) is 0 Å². The van der Waals surface area contributed by atoms with Gasteiger partial charge >= 0.3 is 0 Å². The van der Waals surface area contributed by atoms with Crippen LogP contribution in [0.1, 0.15) is 11.9 Å². The molecule has 2 heterocycles. The van der Waals surface area contributed by atoms with Crippen LogP contribution in [0.4, 0.5) is 0 Å². The molecule has 0 saturated heterocycles. The molecule has 0 saturated carbocycles. The van der Waals surface area contributed by atoms with Crippen LogP contribution in [0.25, 0.3) is 10.6 Å². The largest absolute Gasteiger partial charge is 0.311 e. The molecule has 0 aromatic carbocycles. The van der Waals surface area contributed by atoms with Crippen LogP contribution in [-0.2, 0) is 6.54 Å². The number of hydrogen-bond acceptors (Lipinski definition) is 5. The predicted octanol–water partition coefficient (Wildman–Crippen LogP) is 2.98. The Morgan fingerprint density at radius 1 is 1.47 bits per heavy atom. The highest BCUT2D eigenvalue weighted by molar-refractivity contribution is 14.1. The zero-order valence-electron chi connectivity index (χ0n) is 8.16. The lowest BCUT2D eigenvalue weighted by Crippen LogP contribution is -2.11. The van der Waals surface area contributed by atoms with E-state index in [-0.39, 0.29) is 0 Å². The Morgan fingerprint density at radius 2 is 2.33 bits per heavy atom. The van der Waals surface area contributed by atoms with E-state index in [4.69, 9.17) is 0 Å². The summed E-state index contributed by atoms with van der Waals surface area (Å²) in [5.41, 5.74) is 1.18. The first-order chi connectivity index (χ1) is 7.29. The van der Waals surface area contributed by atoms with Crippen LogP contribution < -0.4 is 5.32 Å². The van der Waals surface area contributed by atoms with Crippen LogP contribution >= 0.6 is 45.3 Å². The highest BCUT2D eigenvalue weighted by Gasteiger charge is 2.07. The number of rotatable bonds is 4. The molecule has 6 heteroatoms. The molecule has 0 aliphatic carbocycles. The van der Waals surface area contributed by atoms with Crippen molar-refractivity contribution in [2.45, 2.75) is 13.5 Å². The second-order valence-corrected chi connectivity index (χ2v) is 6.79. The van der Waals surface area contributed by atoms with Crippen molar-refractivity contribution in [1.82, 2.24) is 15.5 Å². The first kappa shape index (κ1) is 11.4. The average Bonchev–Trinajstić information content (AvgIpc) is 2.83. The van der Waals surface area contributed by atoms with Crippen LogP contribution in [0.3, 0.4) is 0 Å². The summed E-state index contributed by atoms with van der Waals surface area (Å²) in [5.74, 6) is 0. The van der Waals surface area contributed by atoms with Crippen LogP contribution in [0.2, 0.25) is 0 Å². The van der Waals surface area contributed by atoms with Crippen LogP contribution in [0, 0.1) is 2.88 Å². The maximum absolute atomic E-state index is 4.18. The zero-order chi connectivity index (χ0) is 10.7. The lowest BCUT2D eigenvalue weighted by atomic mass is 10.4. The normalized spacial score (nSPS) is 10.8. The molecule has 0 aliphatic heterocycles. The third kappa shape index (κ3) is 2.96. The zero-order valence-corrected chi connectivity index (χ0v) is 11.9. The summed E-state index contributed by atoms with van der Waals surface area (Å²) < 4.78 is 1.28. The molecule has 2 aromatic heterocycles. The summed E-state index contributed by atoms with van der Waals surface area (Å²) in [4.78, 5) is 0. The molecule has 2 rings (SSSR count). The molecule has 1 N–H and O–H groups in total. The molecular formula is C9H10IN3S2. The van der Waals surface area contributed by atoms with E-state index < -0.39 is 0 Å². The van der Waals surface area contributed by atoms with Gasteiger partial charge in [-0.25, -0.2) is 0 Å². The SMILES string of the molecule is CCNCc1nnc(-c2csc(I)c2)s1. The third-order valence-electron chi connectivity index (χ3n) is 1.81. The van der Waals surface area contributed by atoms with Crippen molar-refractivity contribution in [1.29, 1.82) is 0 Å². The molecule has 0 bridgehead atoms. The summed E-state index contributed by atoms with van der Waals surface area (Å²) in [7, 11) is 0. The number of hydrogen-bond donors (Lipinski definition) is 1. The van der Waals surface area contributed by atoms with Gasteiger partial charge in [0.25, 0.3) is 0 Å². The lowest BCUT2D eigenvalue weighted by molar-refractivity contribution is 0.715. The highest BCUT2D eigenvalue weighted by atomic mass is 127. The summed E-state index contributed by atoms with van der Waals surface area (Å²) in [5, 5.41) is 15.8. The van der Waals surface area contributed by atoms with Gasteiger partial charge in [0.1, 0.15) is 10.0 Å². The van der Waals surface area contributed by atoms with E-state index in [1.165, 1.54) is 8.45 Å². The lowest BCUT2D eigenvalue weighted by Gasteiger charge is -1.93. The second kappa shape index (κ2) is 5.33. The minimum Gasteiger partial charge on any atom is -0.311 e. The van der Waals surface area contributed by atoms with Crippen molar-refractivity contribution in [3.05, 3.63) is 19.3 Å². The maximum atomic E-state index is 4.18. The third-order valence-corrected chi connectivity index (χ3v) is 4.57. The van der Waals surface area contributed by atoms with Crippen molar-refractivity contribution in [3.8, 4) is 10.6 Å². The minimum atomic E-state index is 0.815. The van der Waals surface area contributed by atoms with Crippen molar-refractivity contribution in [2.24, 2.45) is 0 Å². The fourth-order valence-electron chi connectivity index (χ4n) is 1.10. The first-order valence-corrected chi connectivity index (χ1v) is 7.34. The van der Waals surface area contributed by atoms with E-state index in [1.54, 1.807) is 22.7 Å². The summed E-state index contributed by atoms with van der Waals surface area (Å²) >= 11 is 5.71. The molecule has 0 spiro atoms. The Hall–Kier alpha value is -0.0500. The van der Waals surface area contributed by atoms with Crippen molar-refractivity contribution >= 4 is 45.3 Å². The van der Waals surface area contributed by atoms with Gasteiger partial charge in [-0.3, -0.25) is 0 Å². The van der Waals surface area contributed by atoms with Gasteiger partial charge in [-0.2, -0.15) is 0 Å². The minimum absolute atomic E-state index is 0.815. The summed E-state index contributed by atoms with van der Waals surface area (Å²) in [6.07, 6.45) is 0. The van der Waals surface area contributed by atoms with Gasteiger partial charge in [0, 0.05) is 17.5 Å². The van der Waals surface area contributed by atoms with Crippen molar-refractivity contribution in [3.63, 3.8) is 0 Å². The molecule has 0 amide bonds. The fourth-order valence-corrected chi connectivity index (χ4v) is 3.30. The van der Waals surface area contributed by atoms with E-state index in [2.05, 4.69) is 56.5 Å². The number of aromatic nitrogens is 2. The summed E-state index contributed by atoms with van der Waals surface area (Å²) in [6, 6.07) is 2.14. The maximum Gasteiger partial charge on any atom is 0.148 e. The molecule has 0 unspecified atom stereocenters. The second-order valence-electron chi connectivity index (χ2n) is 2.92. The van der Waals surface area contributed by atoms with Crippen molar-refractivity contribution < 1.29 is 0 Å². The van der Waals surface area contributed by atoms with Crippen molar-refractivity contribution in [2.75, 3.05) is 6.54 Å². The molecule has 15 heavy (non-hydrogen) atoms. The quantitative estimate of drug-likeness (QED) is 0.861.